The number of benzene rings is 2. The lowest BCUT2D eigenvalue weighted by Crippen LogP contribution is -2.40. The third-order valence-electron chi connectivity index (χ3n) is 5.91. The Hall–Kier alpha value is -3.28. The average molecular weight is 499 g/mol. The Labute approximate surface area is 205 Å². The standard InChI is InChI=1S/C24H30N6O4S/c1-4-28(5-2)22-12-11-20(35(32,33)29-13-15-34-16-14-29)17-21(22)25-24(31)23-18(3)26-30(27-23)19-9-7-6-8-10-19/h6-12,17H,4-5,13-16H2,1-3H3,(H,25,31). The van der Waals surface area contributed by atoms with Crippen LogP contribution in [0.3, 0.4) is 0 Å². The number of hydrogen-bond donors (Lipinski definition) is 1. The first-order chi connectivity index (χ1) is 16.8. The molecule has 1 aromatic heterocycles. The fraction of sp³-hybridized carbons (Fsp3) is 0.375. The zero-order valence-electron chi connectivity index (χ0n) is 20.1. The summed E-state index contributed by atoms with van der Waals surface area (Å²) in [4.78, 5) is 16.9. The molecule has 35 heavy (non-hydrogen) atoms. The van der Waals surface area contributed by atoms with Crippen LogP contribution in [-0.2, 0) is 14.8 Å². The SMILES string of the molecule is CCN(CC)c1ccc(S(=O)(=O)N2CCOCC2)cc1NC(=O)c1nn(-c2ccccc2)nc1C. The molecule has 11 heteroatoms. The molecule has 0 bridgehead atoms. The Kier molecular flexibility index (Phi) is 7.48. The van der Waals surface area contributed by atoms with Crippen LogP contribution in [0, 0.1) is 6.92 Å². The number of carbonyl (C=O) groups excluding carboxylic acids is 1. The highest BCUT2D eigenvalue weighted by molar-refractivity contribution is 7.89. The summed E-state index contributed by atoms with van der Waals surface area (Å²) < 4.78 is 33.2. The molecule has 1 aliphatic rings. The maximum Gasteiger partial charge on any atom is 0.278 e. The van der Waals surface area contributed by atoms with Crippen LogP contribution in [0.5, 0.6) is 0 Å². The van der Waals surface area contributed by atoms with Crippen molar-refractivity contribution >= 4 is 27.3 Å². The highest BCUT2D eigenvalue weighted by atomic mass is 32.2. The molecule has 2 heterocycles. The number of para-hydroxylation sites is 1. The predicted octanol–water partition coefficient (Wildman–Crippen LogP) is 2.70. The number of anilines is 2. The maximum absolute atomic E-state index is 13.3. The second kappa shape index (κ2) is 10.5. The number of sulfonamides is 1. The first-order valence-corrected chi connectivity index (χ1v) is 13.1. The highest BCUT2D eigenvalue weighted by Crippen LogP contribution is 2.31. The van der Waals surface area contributed by atoms with Gasteiger partial charge in [-0.2, -0.15) is 14.2 Å². The van der Waals surface area contributed by atoms with Crippen molar-refractivity contribution in [1.29, 1.82) is 0 Å². The molecule has 1 fully saturated rings. The molecule has 3 aromatic rings. The number of nitrogens with zero attached hydrogens (tertiary/aromatic N) is 5. The van der Waals surface area contributed by atoms with Gasteiger partial charge in [0, 0.05) is 26.2 Å². The number of nitrogens with one attached hydrogen (secondary N) is 1. The summed E-state index contributed by atoms with van der Waals surface area (Å²) >= 11 is 0. The predicted molar refractivity (Wildman–Crippen MR) is 134 cm³/mol. The molecule has 0 saturated carbocycles. The Morgan fingerprint density at radius 3 is 2.40 bits per heavy atom. The smallest absolute Gasteiger partial charge is 0.278 e. The molecule has 0 spiro atoms. The number of ether oxygens (including phenoxy) is 1. The van der Waals surface area contributed by atoms with E-state index in [0.29, 0.717) is 50.8 Å². The minimum Gasteiger partial charge on any atom is -0.379 e. The van der Waals surface area contributed by atoms with Gasteiger partial charge in [0.05, 0.1) is 40.9 Å². The van der Waals surface area contributed by atoms with E-state index in [-0.39, 0.29) is 10.6 Å². The third-order valence-corrected chi connectivity index (χ3v) is 7.81. The molecule has 1 aliphatic heterocycles. The zero-order valence-corrected chi connectivity index (χ0v) is 21.0. The molecule has 4 rings (SSSR count). The summed E-state index contributed by atoms with van der Waals surface area (Å²) in [5, 5.41) is 11.6. The Bertz CT molecular complexity index is 1280. The fourth-order valence-corrected chi connectivity index (χ4v) is 5.43. The van der Waals surface area contributed by atoms with E-state index in [9.17, 15) is 13.2 Å². The summed E-state index contributed by atoms with van der Waals surface area (Å²) in [6.07, 6.45) is 0. The summed E-state index contributed by atoms with van der Waals surface area (Å²) in [6, 6.07) is 14.2. The summed E-state index contributed by atoms with van der Waals surface area (Å²) in [6.45, 7) is 8.41. The molecule has 0 aliphatic carbocycles. The lowest BCUT2D eigenvalue weighted by atomic mass is 10.2. The van der Waals surface area contributed by atoms with Crippen molar-refractivity contribution in [2.75, 3.05) is 49.6 Å². The van der Waals surface area contributed by atoms with Crippen LogP contribution < -0.4 is 10.2 Å². The first kappa shape index (κ1) is 24.8. The van der Waals surface area contributed by atoms with E-state index in [0.717, 1.165) is 11.4 Å². The van der Waals surface area contributed by atoms with E-state index < -0.39 is 15.9 Å². The van der Waals surface area contributed by atoms with E-state index in [1.54, 1.807) is 19.1 Å². The van der Waals surface area contributed by atoms with Gasteiger partial charge in [0.25, 0.3) is 5.91 Å². The molecule has 0 radical (unpaired) electrons. The van der Waals surface area contributed by atoms with E-state index in [4.69, 9.17) is 4.74 Å². The average Bonchev–Trinajstić information content (AvgIpc) is 3.28. The van der Waals surface area contributed by atoms with Crippen molar-refractivity contribution < 1.29 is 17.9 Å². The molecule has 1 N–H and O–H groups in total. The van der Waals surface area contributed by atoms with Crippen LogP contribution in [0.1, 0.15) is 30.0 Å². The molecule has 2 aromatic carbocycles. The number of morpholine rings is 1. The van der Waals surface area contributed by atoms with Gasteiger partial charge < -0.3 is 15.0 Å². The van der Waals surface area contributed by atoms with Crippen LogP contribution >= 0.6 is 0 Å². The minimum atomic E-state index is -3.73. The number of aryl methyl sites for hydroxylation is 1. The number of carbonyl (C=O) groups is 1. The van der Waals surface area contributed by atoms with Crippen molar-refractivity contribution in [3.8, 4) is 5.69 Å². The molecular weight excluding hydrogens is 468 g/mol. The second-order valence-electron chi connectivity index (χ2n) is 8.08. The van der Waals surface area contributed by atoms with Crippen molar-refractivity contribution in [1.82, 2.24) is 19.3 Å². The topological polar surface area (TPSA) is 110 Å². The minimum absolute atomic E-state index is 0.121. The summed E-state index contributed by atoms with van der Waals surface area (Å²) in [5.74, 6) is -0.459. The van der Waals surface area contributed by atoms with E-state index >= 15 is 0 Å². The zero-order chi connectivity index (χ0) is 25.0. The Morgan fingerprint density at radius 1 is 1.06 bits per heavy atom. The van der Waals surface area contributed by atoms with E-state index in [2.05, 4.69) is 20.4 Å². The van der Waals surface area contributed by atoms with Crippen LogP contribution in [0.15, 0.2) is 53.4 Å². The number of aromatic nitrogens is 3. The van der Waals surface area contributed by atoms with Crippen molar-refractivity contribution in [3.05, 3.63) is 59.9 Å². The fourth-order valence-electron chi connectivity index (χ4n) is 4.00. The van der Waals surface area contributed by atoms with E-state index in [1.807, 2.05) is 44.2 Å². The molecular formula is C24H30N6O4S. The van der Waals surface area contributed by atoms with E-state index in [1.165, 1.54) is 15.2 Å². The summed E-state index contributed by atoms with van der Waals surface area (Å²) in [5.41, 5.74) is 2.50. The monoisotopic (exact) mass is 498 g/mol. The van der Waals surface area contributed by atoms with Gasteiger partial charge in [-0.1, -0.05) is 18.2 Å². The molecule has 0 unspecified atom stereocenters. The van der Waals surface area contributed by atoms with Gasteiger partial charge in [-0.25, -0.2) is 8.42 Å². The lowest BCUT2D eigenvalue weighted by molar-refractivity contribution is 0.0730. The van der Waals surface area contributed by atoms with Gasteiger partial charge in [0.15, 0.2) is 5.69 Å². The number of hydrogen-bond acceptors (Lipinski definition) is 7. The van der Waals surface area contributed by atoms with Gasteiger partial charge in [0.1, 0.15) is 0 Å². The quantitative estimate of drug-likeness (QED) is 0.508. The molecule has 0 atom stereocenters. The van der Waals surface area contributed by atoms with Crippen molar-refractivity contribution in [3.63, 3.8) is 0 Å². The highest BCUT2D eigenvalue weighted by Gasteiger charge is 2.28. The largest absolute Gasteiger partial charge is 0.379 e. The Balaban J connectivity index is 1.69. The molecule has 1 amide bonds. The van der Waals surface area contributed by atoms with Crippen LogP contribution in [0.2, 0.25) is 0 Å². The molecule has 10 nitrogen and oxygen atoms in total. The van der Waals surface area contributed by atoms with Gasteiger partial charge in [-0.15, -0.1) is 5.10 Å². The van der Waals surface area contributed by atoms with Crippen LogP contribution in [0.25, 0.3) is 5.69 Å². The first-order valence-electron chi connectivity index (χ1n) is 11.6. The van der Waals surface area contributed by atoms with Gasteiger partial charge in [-0.05, 0) is 51.1 Å². The van der Waals surface area contributed by atoms with Gasteiger partial charge in [0.2, 0.25) is 10.0 Å². The van der Waals surface area contributed by atoms with Crippen LogP contribution in [-0.4, -0.2) is 73.0 Å². The number of rotatable bonds is 8. The van der Waals surface area contributed by atoms with Crippen LogP contribution in [0.4, 0.5) is 11.4 Å². The molecule has 186 valence electrons. The summed E-state index contributed by atoms with van der Waals surface area (Å²) in [7, 11) is -3.73. The van der Waals surface area contributed by atoms with Crippen molar-refractivity contribution in [2.24, 2.45) is 0 Å². The molecule has 1 saturated heterocycles. The normalized spacial score (nSPS) is 14.6. The maximum atomic E-state index is 13.3. The van der Waals surface area contributed by atoms with Gasteiger partial charge in [-0.3, -0.25) is 4.79 Å². The second-order valence-corrected chi connectivity index (χ2v) is 10.0. The number of amides is 1. The van der Waals surface area contributed by atoms with Gasteiger partial charge >= 0.3 is 0 Å². The third kappa shape index (κ3) is 5.21. The Morgan fingerprint density at radius 2 is 1.74 bits per heavy atom. The van der Waals surface area contributed by atoms with Crippen molar-refractivity contribution in [2.45, 2.75) is 25.7 Å². The lowest BCUT2D eigenvalue weighted by Gasteiger charge is -2.28.